The Kier molecular flexibility index (Phi) is 4.03. The second kappa shape index (κ2) is 4.84. The van der Waals surface area contributed by atoms with E-state index >= 15 is 0 Å². The first-order valence-corrected chi connectivity index (χ1v) is 3.11. The predicted molar refractivity (Wildman–Crippen MR) is 40.2 cm³/mol. The maximum Gasteiger partial charge on any atom is 0.597 e. The van der Waals surface area contributed by atoms with E-state index in [2.05, 4.69) is 4.65 Å². The van der Waals surface area contributed by atoms with Gasteiger partial charge in [-0.05, 0) is 6.82 Å². The van der Waals surface area contributed by atoms with Crippen molar-refractivity contribution in [3.63, 3.8) is 0 Å². The van der Waals surface area contributed by atoms with Gasteiger partial charge in [0.25, 0.3) is 0 Å². The largest absolute Gasteiger partial charge is 0.597 e. The Balaban J connectivity index is 2.12. The lowest BCUT2D eigenvalue weighted by molar-refractivity contribution is 0.224. The molecule has 1 rings (SSSR count). The monoisotopic (exact) mass is 154 g/mol. The zero-order chi connectivity index (χ0) is 8.10. The first-order valence-electron chi connectivity index (χ1n) is 3.11. The van der Waals surface area contributed by atoms with Crippen molar-refractivity contribution in [2.45, 2.75) is 6.82 Å². The fraction of sp³-hybridized carbons (Fsp3) is 1.00. The molecule has 2 radical (unpaired) electrons. The Morgan fingerprint density at radius 3 is 2.91 bits per heavy atom. The molecule has 0 bridgehead atoms. The third kappa shape index (κ3) is 3.31. The van der Waals surface area contributed by atoms with Gasteiger partial charge in [-0.25, -0.2) is 0 Å². The van der Waals surface area contributed by atoms with Gasteiger partial charge >= 0.3 is 29.8 Å². The lowest BCUT2D eigenvalue weighted by Crippen LogP contribution is -2.43. The minimum Gasteiger partial charge on any atom is -0.455 e. The van der Waals surface area contributed by atoms with Crippen molar-refractivity contribution in [1.82, 2.24) is 0 Å². The molecule has 1 aliphatic heterocycles. The highest BCUT2D eigenvalue weighted by molar-refractivity contribution is 6.66. The second-order valence-corrected chi connectivity index (χ2v) is 1.83. The van der Waals surface area contributed by atoms with Crippen LogP contribution in [0.5, 0.6) is 0 Å². The van der Waals surface area contributed by atoms with Gasteiger partial charge in [0.1, 0.15) is 0 Å². The number of hydrogen-bond donors (Lipinski definition) is 0. The summed E-state index contributed by atoms with van der Waals surface area (Å²) >= 11 is 0. The quantitative estimate of drug-likeness (QED) is 0.481. The average Bonchev–Trinajstić information content (AvgIpc) is 2.01. The molecule has 1 fully saturated rings. The molecule has 0 atom stereocenters. The van der Waals surface area contributed by atoms with E-state index in [1.165, 1.54) is 14.8 Å². The predicted octanol–water partition coefficient (Wildman–Crippen LogP) is -1.12. The Morgan fingerprint density at radius 1 is 1.45 bits per heavy atom. The van der Waals surface area contributed by atoms with Crippen LogP contribution < -0.4 is 0 Å². The first kappa shape index (κ1) is 9.15. The summed E-state index contributed by atoms with van der Waals surface area (Å²) in [5.41, 5.74) is 0. The molecule has 1 heterocycles. The molecule has 0 amide bonds. The van der Waals surface area contributed by atoms with Crippen molar-refractivity contribution < 1.29 is 22.9 Å². The molecular formula is C2H6B4O5. The van der Waals surface area contributed by atoms with E-state index in [0.29, 0.717) is 0 Å². The summed E-state index contributed by atoms with van der Waals surface area (Å²) in [4.78, 5) is 0. The molecular weight excluding hydrogens is 147 g/mol. The highest BCUT2D eigenvalue weighted by atomic mass is 16.8. The van der Waals surface area contributed by atoms with Crippen LogP contribution in [0, 0.1) is 0 Å². The Hall–Kier alpha value is 0.0597. The van der Waals surface area contributed by atoms with Gasteiger partial charge in [-0.1, -0.05) is 0 Å². The van der Waals surface area contributed by atoms with Crippen LogP contribution in [0.1, 0.15) is 0 Å². The van der Waals surface area contributed by atoms with Crippen LogP contribution in [0.25, 0.3) is 0 Å². The van der Waals surface area contributed by atoms with Gasteiger partial charge < -0.3 is 22.9 Å². The zero-order valence-corrected chi connectivity index (χ0v) is 6.35. The van der Waals surface area contributed by atoms with E-state index < -0.39 is 7.32 Å². The van der Waals surface area contributed by atoms with Gasteiger partial charge in [0.15, 0.2) is 0 Å². The summed E-state index contributed by atoms with van der Waals surface area (Å²) in [5.74, 6) is 0. The third-order valence-electron chi connectivity index (χ3n) is 0.980. The van der Waals surface area contributed by atoms with Crippen molar-refractivity contribution in [2.24, 2.45) is 0 Å². The van der Waals surface area contributed by atoms with Crippen molar-refractivity contribution in [2.75, 3.05) is 7.11 Å². The van der Waals surface area contributed by atoms with Crippen molar-refractivity contribution in [3.8, 4) is 0 Å². The maximum atomic E-state index is 4.98. The van der Waals surface area contributed by atoms with Gasteiger partial charge in [-0.2, -0.15) is 0 Å². The molecule has 0 aliphatic carbocycles. The minimum absolute atomic E-state index is 0.362. The molecule has 9 heteroatoms. The average molecular weight is 153 g/mol. The molecule has 5 nitrogen and oxygen atoms in total. The highest BCUT2D eigenvalue weighted by Gasteiger charge is 2.32. The van der Waals surface area contributed by atoms with E-state index in [1.54, 1.807) is 6.82 Å². The molecule has 0 aromatic rings. The molecule has 0 aromatic carbocycles. The van der Waals surface area contributed by atoms with E-state index in [0.717, 1.165) is 7.69 Å². The smallest absolute Gasteiger partial charge is 0.455 e. The molecule has 1 aliphatic rings. The maximum absolute atomic E-state index is 4.98. The van der Waals surface area contributed by atoms with Crippen LogP contribution >= 0.6 is 0 Å². The Labute approximate surface area is 67.6 Å². The molecule has 0 spiro atoms. The van der Waals surface area contributed by atoms with E-state index in [9.17, 15) is 0 Å². The molecule has 0 aromatic heterocycles. The summed E-state index contributed by atoms with van der Waals surface area (Å²) in [7, 11) is 2.61. The summed E-state index contributed by atoms with van der Waals surface area (Å²) < 4.78 is 23.8. The highest BCUT2D eigenvalue weighted by Crippen LogP contribution is 2.01. The van der Waals surface area contributed by atoms with Crippen LogP contribution in [0.3, 0.4) is 0 Å². The van der Waals surface area contributed by atoms with Crippen LogP contribution in [0.2, 0.25) is 6.82 Å². The van der Waals surface area contributed by atoms with Gasteiger partial charge in [-0.3, -0.25) is 0 Å². The SMILES string of the molecule is CO[B]OB1O[B]OB(C)O1. The molecule has 0 unspecified atom stereocenters. The van der Waals surface area contributed by atoms with Gasteiger partial charge in [0.2, 0.25) is 0 Å². The summed E-state index contributed by atoms with van der Waals surface area (Å²) in [6, 6.07) is 0. The lowest BCUT2D eigenvalue weighted by Gasteiger charge is -2.21. The number of rotatable bonds is 3. The van der Waals surface area contributed by atoms with Crippen molar-refractivity contribution in [3.05, 3.63) is 0 Å². The Morgan fingerprint density at radius 2 is 2.27 bits per heavy atom. The molecule has 0 saturated carbocycles. The van der Waals surface area contributed by atoms with Crippen LogP contribution in [0.4, 0.5) is 0 Å². The van der Waals surface area contributed by atoms with Crippen molar-refractivity contribution >= 4 is 29.8 Å². The Bertz CT molecular complexity index is 113. The number of hydrogen-bond acceptors (Lipinski definition) is 5. The van der Waals surface area contributed by atoms with Gasteiger partial charge in [0, 0.05) is 7.11 Å². The van der Waals surface area contributed by atoms with Gasteiger partial charge in [-0.15, -0.1) is 0 Å². The third-order valence-corrected chi connectivity index (χ3v) is 0.980. The second-order valence-electron chi connectivity index (χ2n) is 1.83. The van der Waals surface area contributed by atoms with Crippen LogP contribution in [-0.2, 0) is 22.9 Å². The fourth-order valence-electron chi connectivity index (χ4n) is 0.541. The topological polar surface area (TPSA) is 46.2 Å². The van der Waals surface area contributed by atoms with E-state index in [1.807, 2.05) is 0 Å². The van der Waals surface area contributed by atoms with Crippen LogP contribution in [0.15, 0.2) is 0 Å². The van der Waals surface area contributed by atoms with Crippen LogP contribution in [-0.4, -0.2) is 36.9 Å². The lowest BCUT2D eigenvalue weighted by atomic mass is 9.86. The first-order chi connectivity index (χ1) is 5.33. The van der Waals surface area contributed by atoms with E-state index in [4.69, 9.17) is 18.3 Å². The summed E-state index contributed by atoms with van der Waals surface area (Å²) in [6.45, 7) is 1.72. The minimum atomic E-state index is -0.779. The fourth-order valence-corrected chi connectivity index (χ4v) is 0.541. The summed E-state index contributed by atoms with van der Waals surface area (Å²) in [6.07, 6.45) is 0. The normalized spacial score (nSPS) is 18.0. The van der Waals surface area contributed by atoms with Crippen molar-refractivity contribution in [1.29, 1.82) is 0 Å². The molecule has 1 saturated heterocycles. The van der Waals surface area contributed by atoms with Gasteiger partial charge in [0.05, 0.1) is 0 Å². The summed E-state index contributed by atoms with van der Waals surface area (Å²) in [5, 5.41) is 0. The standard InChI is InChI=1S/C2H6B4O5/c1-5-8-4-10-6(11-5)9-3-7-2/h1-2H3. The molecule has 11 heavy (non-hydrogen) atoms. The molecule has 0 N–H and O–H groups in total. The molecule has 56 valence electrons. The zero-order valence-electron chi connectivity index (χ0n) is 6.35. The van der Waals surface area contributed by atoms with E-state index in [-0.39, 0.29) is 7.12 Å².